The maximum atomic E-state index is 13.3. The second-order valence-electron chi connectivity index (χ2n) is 3.54. The van der Waals surface area contributed by atoms with Crippen molar-refractivity contribution >= 4 is 11.5 Å². The van der Waals surface area contributed by atoms with E-state index in [0.717, 1.165) is 0 Å². The highest BCUT2D eigenvalue weighted by Gasteiger charge is 2.45. The van der Waals surface area contributed by atoms with Crippen LogP contribution >= 0.6 is 0 Å². The van der Waals surface area contributed by atoms with Gasteiger partial charge in [0.2, 0.25) is 0 Å². The van der Waals surface area contributed by atoms with Crippen molar-refractivity contribution in [3.63, 3.8) is 0 Å². The summed E-state index contributed by atoms with van der Waals surface area (Å²) in [6, 6.07) is 3.92. The minimum absolute atomic E-state index is 0.0213. The van der Waals surface area contributed by atoms with Crippen LogP contribution in [0.2, 0.25) is 0 Å². The molecule has 0 aliphatic heterocycles. The number of aromatic hydroxyl groups is 1. The van der Waals surface area contributed by atoms with Gasteiger partial charge >= 0.3 is 11.9 Å². The predicted molar refractivity (Wildman–Crippen MR) is 52.4 cm³/mol. The van der Waals surface area contributed by atoms with Gasteiger partial charge < -0.3 is 10.2 Å². The number of hydrogen-bond acceptors (Lipinski definition) is 2. The number of allylic oxidation sites excluding steroid dienone is 1. The van der Waals surface area contributed by atoms with Crippen molar-refractivity contribution in [3.05, 3.63) is 35.4 Å². The van der Waals surface area contributed by atoms with Crippen LogP contribution in [-0.2, 0) is 11.2 Å². The lowest BCUT2D eigenvalue weighted by molar-refractivity contribution is -0.156. The third-order valence-electron chi connectivity index (χ3n) is 2.51. The van der Waals surface area contributed by atoms with E-state index < -0.39 is 17.5 Å². The van der Waals surface area contributed by atoms with Crippen molar-refractivity contribution in [2.24, 2.45) is 0 Å². The Bertz CT molecular complexity index is 492. The fourth-order valence-electron chi connectivity index (χ4n) is 1.75. The lowest BCUT2D eigenvalue weighted by Gasteiger charge is -2.14. The molecule has 0 heterocycles. The van der Waals surface area contributed by atoms with Gasteiger partial charge in [0.25, 0.3) is 0 Å². The van der Waals surface area contributed by atoms with Crippen molar-refractivity contribution in [2.45, 2.75) is 12.3 Å². The number of fused-ring (bicyclic) bond motifs is 1. The summed E-state index contributed by atoms with van der Waals surface area (Å²) in [5.74, 6) is -6.07. The summed E-state index contributed by atoms with van der Waals surface area (Å²) < 4.78 is 26.6. The molecule has 1 aliphatic rings. The van der Waals surface area contributed by atoms with Gasteiger partial charge in [0.15, 0.2) is 0 Å². The SMILES string of the molecule is O=C(O)C(F)(F)C1=CCc2cc(O)ccc21. The molecule has 1 aromatic rings. The van der Waals surface area contributed by atoms with E-state index in [2.05, 4.69) is 0 Å². The van der Waals surface area contributed by atoms with E-state index in [9.17, 15) is 13.6 Å². The third-order valence-corrected chi connectivity index (χ3v) is 2.51. The van der Waals surface area contributed by atoms with Crippen LogP contribution < -0.4 is 0 Å². The van der Waals surface area contributed by atoms with Crippen LogP contribution in [-0.4, -0.2) is 22.1 Å². The molecule has 1 aromatic carbocycles. The molecule has 0 atom stereocenters. The highest BCUT2D eigenvalue weighted by atomic mass is 19.3. The summed E-state index contributed by atoms with van der Waals surface area (Å²) in [5.41, 5.74) is 0.191. The molecule has 2 N–H and O–H groups in total. The van der Waals surface area contributed by atoms with Crippen molar-refractivity contribution < 1.29 is 23.8 Å². The van der Waals surface area contributed by atoms with Gasteiger partial charge in [-0.15, -0.1) is 0 Å². The molecule has 84 valence electrons. The number of hydrogen-bond donors (Lipinski definition) is 2. The molecule has 2 rings (SSSR count). The Labute approximate surface area is 89.6 Å². The number of rotatable bonds is 2. The van der Waals surface area contributed by atoms with Crippen LogP contribution in [0.4, 0.5) is 8.78 Å². The molecule has 1 aliphatic carbocycles. The first-order chi connectivity index (χ1) is 7.43. The monoisotopic (exact) mass is 226 g/mol. The molecule has 16 heavy (non-hydrogen) atoms. The smallest absolute Gasteiger partial charge is 0.379 e. The normalized spacial score (nSPS) is 14.5. The number of carboxylic acid groups (broad SMARTS) is 1. The Kier molecular flexibility index (Phi) is 2.18. The Hall–Kier alpha value is -1.91. The molecule has 5 heteroatoms. The number of aliphatic carboxylic acids is 1. The van der Waals surface area contributed by atoms with Crippen LogP contribution in [0.1, 0.15) is 11.1 Å². The molecule has 0 bridgehead atoms. The minimum Gasteiger partial charge on any atom is -0.508 e. The molecule has 0 fully saturated rings. The van der Waals surface area contributed by atoms with Crippen molar-refractivity contribution in [1.29, 1.82) is 0 Å². The van der Waals surface area contributed by atoms with Crippen molar-refractivity contribution in [3.8, 4) is 5.75 Å². The first-order valence-electron chi connectivity index (χ1n) is 4.57. The molecule has 0 aromatic heterocycles. The molecule has 0 saturated carbocycles. The molecule has 0 amide bonds. The number of halogens is 2. The number of carboxylic acids is 1. The van der Waals surface area contributed by atoms with Gasteiger partial charge in [0, 0.05) is 5.57 Å². The van der Waals surface area contributed by atoms with Crippen LogP contribution in [0.25, 0.3) is 5.57 Å². The van der Waals surface area contributed by atoms with Crippen LogP contribution in [0.5, 0.6) is 5.75 Å². The molecule has 0 unspecified atom stereocenters. The van der Waals surface area contributed by atoms with Gasteiger partial charge in [-0.3, -0.25) is 0 Å². The molecule has 0 saturated heterocycles. The molecule has 3 nitrogen and oxygen atoms in total. The van der Waals surface area contributed by atoms with Gasteiger partial charge in [0.05, 0.1) is 0 Å². The summed E-state index contributed by atoms with van der Waals surface area (Å²) in [6.07, 6.45) is 1.39. The van der Waals surface area contributed by atoms with Crippen molar-refractivity contribution in [1.82, 2.24) is 0 Å². The first kappa shape index (κ1) is 10.6. The third kappa shape index (κ3) is 1.44. The number of phenolic OH excluding ortho intramolecular Hbond substituents is 1. The fraction of sp³-hybridized carbons (Fsp3) is 0.182. The quantitative estimate of drug-likeness (QED) is 0.811. The van der Waals surface area contributed by atoms with E-state index in [1.807, 2.05) is 0 Å². The van der Waals surface area contributed by atoms with Crippen LogP contribution in [0.15, 0.2) is 24.3 Å². The van der Waals surface area contributed by atoms with Crippen LogP contribution in [0, 0.1) is 0 Å². The van der Waals surface area contributed by atoms with Gasteiger partial charge in [-0.25, -0.2) is 4.79 Å². The standard InChI is InChI=1S/C11H8F2O3/c12-11(13,10(15)16)9-4-1-6-5-7(14)2-3-8(6)9/h2-5,14H,1H2,(H,15,16). The molecule has 0 spiro atoms. The Morgan fingerprint density at radius 1 is 1.38 bits per heavy atom. The summed E-state index contributed by atoms with van der Waals surface area (Å²) in [5, 5.41) is 17.6. The van der Waals surface area contributed by atoms with Gasteiger partial charge in [0.1, 0.15) is 5.75 Å². The zero-order chi connectivity index (χ0) is 11.9. The molecule has 0 radical (unpaired) electrons. The van der Waals surface area contributed by atoms with E-state index in [1.54, 1.807) is 0 Å². The highest BCUT2D eigenvalue weighted by Crippen LogP contribution is 2.39. The lowest BCUT2D eigenvalue weighted by atomic mass is 10.0. The number of benzene rings is 1. The van der Waals surface area contributed by atoms with Gasteiger partial charge in [-0.1, -0.05) is 12.1 Å². The van der Waals surface area contributed by atoms with E-state index in [0.29, 0.717) is 5.56 Å². The zero-order valence-corrected chi connectivity index (χ0v) is 8.08. The summed E-state index contributed by atoms with van der Waals surface area (Å²) in [6.45, 7) is 0. The first-order valence-corrected chi connectivity index (χ1v) is 4.57. The zero-order valence-electron chi connectivity index (χ0n) is 8.08. The number of carbonyl (C=O) groups is 1. The fourth-order valence-corrected chi connectivity index (χ4v) is 1.75. The average molecular weight is 226 g/mol. The Morgan fingerprint density at radius 2 is 2.06 bits per heavy atom. The van der Waals surface area contributed by atoms with Gasteiger partial charge in [-0.2, -0.15) is 8.78 Å². The maximum Gasteiger partial charge on any atom is 0.379 e. The minimum atomic E-state index is -3.89. The van der Waals surface area contributed by atoms with E-state index in [-0.39, 0.29) is 17.7 Å². The summed E-state index contributed by atoms with van der Waals surface area (Å²) in [4.78, 5) is 10.4. The second-order valence-corrected chi connectivity index (χ2v) is 3.54. The lowest BCUT2D eigenvalue weighted by Crippen LogP contribution is -2.29. The molecular formula is C11H8F2O3. The highest BCUT2D eigenvalue weighted by molar-refractivity contribution is 5.95. The summed E-state index contributed by atoms with van der Waals surface area (Å²) in [7, 11) is 0. The molecular weight excluding hydrogens is 218 g/mol. The number of alkyl halides is 2. The second kappa shape index (κ2) is 3.30. The topological polar surface area (TPSA) is 57.5 Å². The predicted octanol–water partition coefficient (Wildman–Crippen LogP) is 2.05. The van der Waals surface area contributed by atoms with Gasteiger partial charge in [-0.05, 0) is 29.7 Å². The average Bonchev–Trinajstić information content (AvgIpc) is 2.60. The van der Waals surface area contributed by atoms with Crippen LogP contribution in [0.3, 0.4) is 0 Å². The van der Waals surface area contributed by atoms with E-state index >= 15 is 0 Å². The Morgan fingerprint density at radius 3 is 2.69 bits per heavy atom. The summed E-state index contributed by atoms with van der Waals surface area (Å²) >= 11 is 0. The number of phenols is 1. The van der Waals surface area contributed by atoms with E-state index in [1.165, 1.54) is 24.3 Å². The van der Waals surface area contributed by atoms with E-state index in [4.69, 9.17) is 10.2 Å². The Balaban J connectivity index is 2.47. The maximum absolute atomic E-state index is 13.3. The largest absolute Gasteiger partial charge is 0.508 e. The van der Waals surface area contributed by atoms with Crippen molar-refractivity contribution in [2.75, 3.05) is 0 Å².